The molecule has 0 saturated carbocycles. The molecule has 0 bridgehead atoms. The van der Waals surface area contributed by atoms with Crippen LogP contribution in [0.1, 0.15) is 16.7 Å². The van der Waals surface area contributed by atoms with E-state index in [0.29, 0.717) is 0 Å². The topological polar surface area (TPSA) is 49.7 Å². The van der Waals surface area contributed by atoms with Crippen molar-refractivity contribution in [1.82, 2.24) is 0 Å². The smallest absolute Gasteiger partial charge is 0.185 e. The van der Waals surface area contributed by atoms with Crippen LogP contribution in [0.2, 0.25) is 0 Å². The maximum absolute atomic E-state index is 9.89. The van der Waals surface area contributed by atoms with E-state index in [1.807, 2.05) is 48.5 Å². The number of benzene rings is 4. The Morgan fingerprint density at radius 2 is 1.10 bits per heavy atom. The highest BCUT2D eigenvalue weighted by Crippen LogP contribution is 2.52. The summed E-state index contributed by atoms with van der Waals surface area (Å²) in [7, 11) is 0. The standard InChI is InChI=1S/C25H16Br2O3/c26-17-5-11-21-22-12-6-18(27)14-24(22)30-25(23(21)13-17,15-1-7-19(28)8-2-15)16-3-9-20(29)10-4-16/h1-14,28-29H. The minimum absolute atomic E-state index is 0.188. The fourth-order valence-electron chi connectivity index (χ4n) is 4.05. The van der Waals surface area contributed by atoms with Crippen LogP contribution in [-0.4, -0.2) is 10.2 Å². The van der Waals surface area contributed by atoms with Gasteiger partial charge in [0.15, 0.2) is 5.60 Å². The molecule has 0 spiro atoms. The largest absolute Gasteiger partial charge is 0.508 e. The Hall–Kier alpha value is -2.76. The molecule has 0 unspecified atom stereocenters. The Morgan fingerprint density at radius 3 is 1.67 bits per heavy atom. The highest BCUT2D eigenvalue weighted by molar-refractivity contribution is 9.10. The van der Waals surface area contributed by atoms with E-state index >= 15 is 0 Å². The number of phenols is 2. The lowest BCUT2D eigenvalue weighted by Gasteiger charge is -2.41. The molecular formula is C25H16Br2O3. The highest BCUT2D eigenvalue weighted by Gasteiger charge is 2.44. The predicted octanol–water partition coefficient (Wildman–Crippen LogP) is 6.97. The van der Waals surface area contributed by atoms with Crippen molar-refractivity contribution in [3.63, 3.8) is 0 Å². The quantitative estimate of drug-likeness (QED) is 0.298. The van der Waals surface area contributed by atoms with E-state index in [-0.39, 0.29) is 11.5 Å². The summed E-state index contributed by atoms with van der Waals surface area (Å²) in [5.41, 5.74) is 3.82. The van der Waals surface area contributed by atoms with E-state index in [1.54, 1.807) is 24.3 Å². The van der Waals surface area contributed by atoms with Gasteiger partial charge in [-0.3, -0.25) is 0 Å². The lowest BCUT2D eigenvalue weighted by molar-refractivity contribution is 0.151. The maximum Gasteiger partial charge on any atom is 0.185 e. The summed E-state index contributed by atoms with van der Waals surface area (Å²) in [6, 6.07) is 26.3. The summed E-state index contributed by atoms with van der Waals surface area (Å²) in [6.07, 6.45) is 0. The van der Waals surface area contributed by atoms with E-state index in [2.05, 4.69) is 44.0 Å². The normalized spacial score (nSPS) is 13.8. The molecule has 0 saturated heterocycles. The molecule has 1 aliphatic heterocycles. The van der Waals surface area contributed by atoms with Crippen LogP contribution in [0.3, 0.4) is 0 Å². The van der Waals surface area contributed by atoms with Gasteiger partial charge in [-0.1, -0.05) is 62.2 Å². The van der Waals surface area contributed by atoms with Gasteiger partial charge in [0, 0.05) is 31.2 Å². The Morgan fingerprint density at radius 1 is 0.600 bits per heavy atom. The summed E-state index contributed by atoms with van der Waals surface area (Å²) < 4.78 is 8.68. The summed E-state index contributed by atoms with van der Waals surface area (Å²) in [5.74, 6) is 1.13. The van der Waals surface area contributed by atoms with Crippen molar-refractivity contribution in [2.45, 2.75) is 5.60 Å². The van der Waals surface area contributed by atoms with Crippen LogP contribution in [0.15, 0.2) is 93.9 Å². The third-order valence-corrected chi connectivity index (χ3v) is 6.39. The second-order valence-corrected chi connectivity index (χ2v) is 9.04. The van der Waals surface area contributed by atoms with E-state index in [4.69, 9.17) is 4.74 Å². The van der Waals surface area contributed by atoms with Gasteiger partial charge in [0.05, 0.1) is 0 Å². The van der Waals surface area contributed by atoms with Crippen molar-refractivity contribution in [2.75, 3.05) is 0 Å². The van der Waals surface area contributed by atoms with Crippen molar-refractivity contribution in [3.8, 4) is 28.4 Å². The number of halogens is 2. The molecule has 0 aliphatic carbocycles. The van der Waals surface area contributed by atoms with Gasteiger partial charge >= 0.3 is 0 Å². The molecule has 0 radical (unpaired) electrons. The Labute approximate surface area is 190 Å². The number of ether oxygens (including phenoxy) is 1. The van der Waals surface area contributed by atoms with Crippen molar-refractivity contribution in [3.05, 3.63) is 111 Å². The third kappa shape index (κ3) is 3.01. The lowest BCUT2D eigenvalue weighted by atomic mass is 9.75. The number of rotatable bonds is 2. The number of phenolic OH excluding ortho intramolecular Hbond substituents is 2. The third-order valence-electron chi connectivity index (χ3n) is 5.41. The second-order valence-electron chi connectivity index (χ2n) is 7.21. The molecule has 3 nitrogen and oxygen atoms in total. The minimum Gasteiger partial charge on any atom is -0.508 e. The van der Waals surface area contributed by atoms with Crippen LogP contribution in [0.5, 0.6) is 17.2 Å². The molecule has 0 atom stereocenters. The van der Waals surface area contributed by atoms with Gasteiger partial charge in [0.1, 0.15) is 17.2 Å². The molecule has 4 aromatic carbocycles. The summed E-state index contributed by atoms with van der Waals surface area (Å²) >= 11 is 7.18. The van der Waals surface area contributed by atoms with Crippen LogP contribution in [0, 0.1) is 0 Å². The van der Waals surface area contributed by atoms with Crippen molar-refractivity contribution < 1.29 is 14.9 Å². The maximum atomic E-state index is 9.89. The average Bonchev–Trinajstić information content (AvgIpc) is 2.74. The molecule has 4 aromatic rings. The van der Waals surface area contributed by atoms with Crippen LogP contribution >= 0.6 is 31.9 Å². The molecular weight excluding hydrogens is 508 g/mol. The van der Waals surface area contributed by atoms with Gasteiger partial charge in [-0.15, -0.1) is 0 Å². The number of fused-ring (bicyclic) bond motifs is 3. The Kier molecular flexibility index (Phi) is 4.60. The molecule has 2 N–H and O–H groups in total. The fraction of sp³-hybridized carbons (Fsp3) is 0.0400. The minimum atomic E-state index is -0.964. The molecule has 1 aliphatic rings. The first-order chi connectivity index (χ1) is 14.5. The first-order valence-electron chi connectivity index (χ1n) is 9.35. The van der Waals surface area contributed by atoms with Gasteiger partial charge < -0.3 is 14.9 Å². The van der Waals surface area contributed by atoms with Crippen LogP contribution < -0.4 is 4.74 Å². The van der Waals surface area contributed by atoms with Crippen LogP contribution in [0.4, 0.5) is 0 Å². The monoisotopic (exact) mass is 522 g/mol. The first-order valence-corrected chi connectivity index (χ1v) is 10.9. The molecule has 0 aromatic heterocycles. The van der Waals surface area contributed by atoms with Crippen LogP contribution in [0.25, 0.3) is 11.1 Å². The molecule has 0 amide bonds. The molecule has 5 heteroatoms. The van der Waals surface area contributed by atoms with Crippen molar-refractivity contribution in [2.24, 2.45) is 0 Å². The zero-order valence-electron chi connectivity index (χ0n) is 15.6. The van der Waals surface area contributed by atoms with Gasteiger partial charge in [-0.05, 0) is 60.2 Å². The Bertz CT molecular complexity index is 1200. The zero-order chi connectivity index (χ0) is 20.9. The molecule has 148 valence electrons. The summed E-state index contributed by atoms with van der Waals surface area (Å²) in [6.45, 7) is 0. The van der Waals surface area contributed by atoms with Crippen LogP contribution in [-0.2, 0) is 5.60 Å². The van der Waals surface area contributed by atoms with E-state index in [1.165, 1.54) is 0 Å². The summed E-state index contributed by atoms with van der Waals surface area (Å²) in [5, 5.41) is 19.8. The van der Waals surface area contributed by atoms with E-state index in [0.717, 1.165) is 42.5 Å². The SMILES string of the molecule is Oc1ccc(C2(c3ccc(O)cc3)Oc3cc(Br)ccc3-c3ccc(Br)cc32)cc1. The number of aromatic hydroxyl groups is 2. The highest BCUT2D eigenvalue weighted by atomic mass is 79.9. The summed E-state index contributed by atoms with van der Waals surface area (Å²) in [4.78, 5) is 0. The number of hydrogen-bond donors (Lipinski definition) is 2. The average molecular weight is 524 g/mol. The molecule has 30 heavy (non-hydrogen) atoms. The fourth-order valence-corrected chi connectivity index (χ4v) is 4.75. The number of hydrogen-bond acceptors (Lipinski definition) is 3. The molecule has 0 fully saturated rings. The van der Waals surface area contributed by atoms with Gasteiger partial charge in [0.25, 0.3) is 0 Å². The van der Waals surface area contributed by atoms with Gasteiger partial charge in [-0.2, -0.15) is 0 Å². The predicted molar refractivity (Wildman–Crippen MR) is 124 cm³/mol. The van der Waals surface area contributed by atoms with Gasteiger partial charge in [-0.25, -0.2) is 0 Å². The van der Waals surface area contributed by atoms with Crippen molar-refractivity contribution in [1.29, 1.82) is 0 Å². The zero-order valence-corrected chi connectivity index (χ0v) is 18.8. The first kappa shape index (κ1) is 19.2. The van der Waals surface area contributed by atoms with Crippen molar-refractivity contribution >= 4 is 31.9 Å². The van der Waals surface area contributed by atoms with E-state index < -0.39 is 5.60 Å². The lowest BCUT2D eigenvalue weighted by Crippen LogP contribution is -2.38. The molecule has 5 rings (SSSR count). The molecule has 1 heterocycles. The van der Waals surface area contributed by atoms with E-state index in [9.17, 15) is 10.2 Å². The Balaban J connectivity index is 1.90. The second kappa shape index (κ2) is 7.18. The van der Waals surface area contributed by atoms with Gasteiger partial charge in [0.2, 0.25) is 0 Å².